The summed E-state index contributed by atoms with van der Waals surface area (Å²) in [6, 6.07) is 5.02. The highest BCUT2D eigenvalue weighted by Gasteiger charge is 2.42. The minimum atomic E-state index is -0.215. The maximum Gasteiger partial charge on any atom is 0.133 e. The fourth-order valence-corrected chi connectivity index (χ4v) is 2.12. The van der Waals surface area contributed by atoms with Gasteiger partial charge in [0, 0.05) is 10.4 Å². The third-order valence-electron chi connectivity index (χ3n) is 2.67. The number of hydrogen-bond acceptors (Lipinski definition) is 1. The molecule has 74 valence electrons. The molecule has 0 bridgehead atoms. The normalized spacial score (nSPS) is 24.8. The summed E-state index contributed by atoms with van der Waals surface area (Å²) >= 11 is 3.20. The van der Waals surface area contributed by atoms with Gasteiger partial charge in [0.2, 0.25) is 0 Å². The Hall–Kier alpha value is -0.700. The molecule has 0 radical (unpaired) electrons. The SMILES string of the molecule is CC(=O)C1CC1c1ccc(Br)cc1F. The molecule has 1 aromatic rings. The van der Waals surface area contributed by atoms with Gasteiger partial charge in [-0.3, -0.25) is 4.79 Å². The van der Waals surface area contributed by atoms with Crippen molar-refractivity contribution in [2.24, 2.45) is 5.92 Å². The number of rotatable bonds is 2. The topological polar surface area (TPSA) is 17.1 Å². The average Bonchev–Trinajstić information content (AvgIpc) is 2.83. The number of halogens is 2. The summed E-state index contributed by atoms with van der Waals surface area (Å²) in [7, 11) is 0. The first-order valence-corrected chi connectivity index (χ1v) is 5.34. The molecule has 0 N–H and O–H groups in total. The van der Waals surface area contributed by atoms with Crippen molar-refractivity contribution in [2.45, 2.75) is 19.3 Å². The summed E-state index contributed by atoms with van der Waals surface area (Å²) in [6.07, 6.45) is 0.799. The molecule has 1 fully saturated rings. The van der Waals surface area contributed by atoms with Crippen LogP contribution in [0.15, 0.2) is 22.7 Å². The van der Waals surface area contributed by atoms with E-state index in [9.17, 15) is 9.18 Å². The van der Waals surface area contributed by atoms with E-state index in [1.807, 2.05) is 6.07 Å². The van der Waals surface area contributed by atoms with Gasteiger partial charge in [0.1, 0.15) is 11.6 Å². The molecule has 0 aliphatic heterocycles. The quantitative estimate of drug-likeness (QED) is 0.794. The molecule has 0 spiro atoms. The number of hydrogen-bond donors (Lipinski definition) is 0. The van der Waals surface area contributed by atoms with E-state index in [2.05, 4.69) is 15.9 Å². The Kier molecular flexibility index (Phi) is 2.43. The standard InChI is InChI=1S/C11H10BrFO/c1-6(14)9-5-10(9)8-3-2-7(12)4-11(8)13/h2-4,9-10H,5H2,1H3. The van der Waals surface area contributed by atoms with Crippen LogP contribution in [0.4, 0.5) is 4.39 Å². The number of Topliss-reactive ketones (excluding diaryl/α,β-unsaturated/α-hetero) is 1. The molecule has 1 saturated carbocycles. The van der Waals surface area contributed by atoms with Crippen LogP contribution in [-0.4, -0.2) is 5.78 Å². The van der Waals surface area contributed by atoms with Gasteiger partial charge < -0.3 is 0 Å². The zero-order valence-electron chi connectivity index (χ0n) is 7.76. The number of carbonyl (C=O) groups excluding carboxylic acids is 1. The van der Waals surface area contributed by atoms with E-state index in [4.69, 9.17) is 0 Å². The first kappa shape index (κ1) is 9.84. The molecule has 2 unspecified atom stereocenters. The molecule has 0 amide bonds. The van der Waals surface area contributed by atoms with Crippen LogP contribution < -0.4 is 0 Å². The van der Waals surface area contributed by atoms with Crippen LogP contribution in [0.25, 0.3) is 0 Å². The van der Waals surface area contributed by atoms with Gasteiger partial charge in [0.05, 0.1) is 0 Å². The molecule has 14 heavy (non-hydrogen) atoms. The second-order valence-corrected chi connectivity index (χ2v) is 4.64. The molecule has 3 heteroatoms. The van der Waals surface area contributed by atoms with Gasteiger partial charge in [-0.15, -0.1) is 0 Å². The Balaban J connectivity index is 2.23. The number of carbonyl (C=O) groups is 1. The van der Waals surface area contributed by atoms with E-state index in [0.717, 1.165) is 10.9 Å². The van der Waals surface area contributed by atoms with Gasteiger partial charge in [-0.05, 0) is 37.0 Å². The van der Waals surface area contributed by atoms with Crippen molar-refractivity contribution in [2.75, 3.05) is 0 Å². The zero-order valence-corrected chi connectivity index (χ0v) is 9.34. The van der Waals surface area contributed by atoms with Crippen LogP contribution >= 0.6 is 15.9 Å². The van der Waals surface area contributed by atoms with E-state index in [0.29, 0.717) is 5.56 Å². The maximum absolute atomic E-state index is 13.4. The Morgan fingerprint density at radius 2 is 2.29 bits per heavy atom. The first-order chi connectivity index (χ1) is 6.59. The van der Waals surface area contributed by atoms with Crippen molar-refractivity contribution in [1.29, 1.82) is 0 Å². The highest BCUT2D eigenvalue weighted by atomic mass is 79.9. The monoisotopic (exact) mass is 256 g/mol. The second kappa shape index (κ2) is 3.46. The third kappa shape index (κ3) is 1.73. The van der Waals surface area contributed by atoms with Crippen molar-refractivity contribution in [3.05, 3.63) is 34.1 Å². The Labute approximate surface area is 90.4 Å². The average molecular weight is 257 g/mol. The predicted molar refractivity (Wildman–Crippen MR) is 55.6 cm³/mol. The summed E-state index contributed by atoms with van der Waals surface area (Å²) in [4.78, 5) is 11.0. The fraction of sp³-hybridized carbons (Fsp3) is 0.364. The predicted octanol–water partition coefficient (Wildman–Crippen LogP) is 3.28. The molecule has 0 heterocycles. The molecule has 1 aliphatic carbocycles. The van der Waals surface area contributed by atoms with Gasteiger partial charge in [0.15, 0.2) is 0 Å². The van der Waals surface area contributed by atoms with Gasteiger partial charge in [0.25, 0.3) is 0 Å². The molecule has 2 atom stereocenters. The summed E-state index contributed by atoms with van der Waals surface area (Å²) in [5.74, 6) is 0.108. The van der Waals surface area contributed by atoms with E-state index < -0.39 is 0 Å². The van der Waals surface area contributed by atoms with Crippen LogP contribution in [-0.2, 0) is 4.79 Å². The first-order valence-electron chi connectivity index (χ1n) is 4.55. The highest BCUT2D eigenvalue weighted by Crippen LogP contribution is 2.48. The van der Waals surface area contributed by atoms with Gasteiger partial charge in [-0.2, -0.15) is 0 Å². The molecule has 1 aromatic carbocycles. The largest absolute Gasteiger partial charge is 0.300 e. The van der Waals surface area contributed by atoms with Crippen molar-refractivity contribution >= 4 is 21.7 Å². The number of ketones is 1. The van der Waals surface area contributed by atoms with Gasteiger partial charge >= 0.3 is 0 Å². The molecule has 2 rings (SSSR count). The van der Waals surface area contributed by atoms with Crippen LogP contribution in [0, 0.1) is 11.7 Å². The van der Waals surface area contributed by atoms with Crippen LogP contribution in [0.1, 0.15) is 24.8 Å². The molecular formula is C11H10BrFO. The van der Waals surface area contributed by atoms with Crippen LogP contribution in [0.5, 0.6) is 0 Å². The van der Waals surface area contributed by atoms with Gasteiger partial charge in [-0.1, -0.05) is 22.0 Å². The lowest BCUT2D eigenvalue weighted by molar-refractivity contribution is -0.118. The molecule has 1 aliphatic rings. The van der Waals surface area contributed by atoms with Crippen LogP contribution in [0.2, 0.25) is 0 Å². The van der Waals surface area contributed by atoms with E-state index in [1.54, 1.807) is 13.0 Å². The van der Waals surface area contributed by atoms with E-state index in [1.165, 1.54) is 6.07 Å². The second-order valence-electron chi connectivity index (χ2n) is 3.73. The molecular weight excluding hydrogens is 247 g/mol. The Morgan fingerprint density at radius 3 is 2.79 bits per heavy atom. The molecule has 1 nitrogen and oxygen atoms in total. The summed E-state index contributed by atoms with van der Waals surface area (Å²) in [6.45, 7) is 1.57. The lowest BCUT2D eigenvalue weighted by Crippen LogP contribution is -1.96. The Morgan fingerprint density at radius 1 is 1.57 bits per heavy atom. The smallest absolute Gasteiger partial charge is 0.133 e. The van der Waals surface area contributed by atoms with Crippen molar-refractivity contribution in [3.63, 3.8) is 0 Å². The molecule has 0 aromatic heterocycles. The third-order valence-corrected chi connectivity index (χ3v) is 3.17. The summed E-state index contributed by atoms with van der Waals surface area (Å²) in [5.41, 5.74) is 0.674. The highest BCUT2D eigenvalue weighted by molar-refractivity contribution is 9.10. The number of benzene rings is 1. The van der Waals surface area contributed by atoms with Crippen LogP contribution in [0.3, 0.4) is 0 Å². The van der Waals surface area contributed by atoms with E-state index in [-0.39, 0.29) is 23.4 Å². The summed E-state index contributed by atoms with van der Waals surface area (Å²) < 4.78 is 14.2. The van der Waals surface area contributed by atoms with Gasteiger partial charge in [-0.25, -0.2) is 4.39 Å². The van der Waals surface area contributed by atoms with E-state index >= 15 is 0 Å². The van der Waals surface area contributed by atoms with Crippen molar-refractivity contribution in [3.8, 4) is 0 Å². The lowest BCUT2D eigenvalue weighted by atomic mass is 10.1. The maximum atomic E-state index is 13.4. The van der Waals surface area contributed by atoms with Crippen molar-refractivity contribution in [1.82, 2.24) is 0 Å². The minimum absolute atomic E-state index is 0.0469. The molecule has 0 saturated heterocycles. The zero-order chi connectivity index (χ0) is 10.3. The minimum Gasteiger partial charge on any atom is -0.300 e. The summed E-state index contributed by atoms with van der Waals surface area (Å²) in [5, 5.41) is 0. The van der Waals surface area contributed by atoms with Crippen molar-refractivity contribution < 1.29 is 9.18 Å². The lowest BCUT2D eigenvalue weighted by Gasteiger charge is -2.01. The Bertz CT molecular complexity index is 389. The fourth-order valence-electron chi connectivity index (χ4n) is 1.79.